The van der Waals surface area contributed by atoms with Crippen LogP contribution in [0.3, 0.4) is 0 Å². The summed E-state index contributed by atoms with van der Waals surface area (Å²) in [6.45, 7) is 13.9. The van der Waals surface area contributed by atoms with E-state index in [9.17, 15) is 9.18 Å². The number of aromatic amines is 1. The monoisotopic (exact) mass is 614 g/mol. The molecule has 10 nitrogen and oxygen atoms in total. The Balaban J connectivity index is 1.48. The Hall–Kier alpha value is -5.15. The molecule has 1 aliphatic heterocycles. The highest BCUT2D eigenvalue weighted by atomic mass is 35.5. The molecule has 4 heterocycles. The van der Waals surface area contributed by atoms with Gasteiger partial charge in [-0.3, -0.25) is 14.9 Å². The molecule has 5 aromatic rings. The lowest BCUT2D eigenvalue weighted by atomic mass is 10.0. The number of hydrogen-bond acceptors (Lipinski definition) is 7. The van der Waals surface area contributed by atoms with Crippen LogP contribution < -0.4 is 9.64 Å². The van der Waals surface area contributed by atoms with Gasteiger partial charge < -0.3 is 19.4 Å². The number of nitrogens with zero attached hydrogens (tertiary/aromatic N) is 7. The summed E-state index contributed by atoms with van der Waals surface area (Å²) < 4.78 is 36.9. The molecule has 3 aromatic heterocycles. The molecule has 1 N–H and O–H groups in total. The average Bonchev–Trinajstić information content (AvgIpc) is 3.55. The van der Waals surface area contributed by atoms with Gasteiger partial charge in [0.1, 0.15) is 35.5 Å². The van der Waals surface area contributed by atoms with Crippen LogP contribution in [0.4, 0.5) is 14.6 Å². The lowest BCUT2D eigenvalue weighted by molar-refractivity contribution is -0.129. The third kappa shape index (κ3) is 5.26. The molecule has 0 unspecified atom stereocenters. The van der Waals surface area contributed by atoms with E-state index in [4.69, 9.17) is 22.9 Å². The zero-order valence-corrected chi connectivity index (χ0v) is 24.3. The van der Waals surface area contributed by atoms with E-state index < -0.39 is 17.7 Å². The predicted molar refractivity (Wildman–Crippen MR) is 162 cm³/mol. The van der Waals surface area contributed by atoms with Crippen molar-refractivity contribution in [3.05, 3.63) is 94.7 Å². The van der Waals surface area contributed by atoms with Crippen molar-refractivity contribution in [3.8, 4) is 17.3 Å². The van der Waals surface area contributed by atoms with Crippen molar-refractivity contribution >= 4 is 45.0 Å². The van der Waals surface area contributed by atoms with Gasteiger partial charge in [-0.1, -0.05) is 42.4 Å². The Bertz CT molecular complexity index is 1960. The van der Waals surface area contributed by atoms with Crippen LogP contribution in [-0.4, -0.2) is 68.2 Å². The van der Waals surface area contributed by atoms with Gasteiger partial charge in [0.25, 0.3) is 0 Å². The topological polar surface area (TPSA) is 104 Å². The first-order chi connectivity index (χ1) is 21.3. The molecule has 222 valence electrons. The van der Waals surface area contributed by atoms with E-state index in [0.29, 0.717) is 51.9 Å². The van der Waals surface area contributed by atoms with Crippen molar-refractivity contribution in [2.75, 3.05) is 31.1 Å². The fourth-order valence-corrected chi connectivity index (χ4v) is 5.63. The summed E-state index contributed by atoms with van der Waals surface area (Å²) in [5.74, 6) is -1.28. The summed E-state index contributed by atoms with van der Waals surface area (Å²) in [6.07, 6.45) is 3.04. The Labute approximate surface area is 255 Å². The van der Waals surface area contributed by atoms with E-state index in [1.54, 1.807) is 48.4 Å². The Morgan fingerprint density at radius 3 is 2.82 bits per heavy atom. The number of anilines is 1. The Kier molecular flexibility index (Phi) is 7.80. The van der Waals surface area contributed by atoms with Crippen LogP contribution in [0.15, 0.2) is 60.9 Å². The molecule has 0 bridgehead atoms. The molecule has 1 amide bonds. The number of piperazine rings is 1. The molecule has 0 spiro atoms. The van der Waals surface area contributed by atoms with Crippen molar-refractivity contribution in [1.82, 2.24) is 30.0 Å². The molecule has 0 saturated carbocycles. The van der Waals surface area contributed by atoms with Gasteiger partial charge in [-0.05, 0) is 24.4 Å². The largest absolute Gasteiger partial charge is 0.457 e. The van der Waals surface area contributed by atoms with Gasteiger partial charge in [-0.15, -0.1) is 0 Å². The van der Waals surface area contributed by atoms with Gasteiger partial charge >= 0.3 is 6.01 Å². The van der Waals surface area contributed by atoms with Crippen LogP contribution in [0, 0.1) is 18.2 Å². The summed E-state index contributed by atoms with van der Waals surface area (Å²) in [5, 5.41) is 7.81. The third-order valence-electron chi connectivity index (χ3n) is 7.46. The van der Waals surface area contributed by atoms with E-state index in [1.165, 1.54) is 12.3 Å². The summed E-state index contributed by atoms with van der Waals surface area (Å²) in [5.41, 5.74) is 1.20. The van der Waals surface area contributed by atoms with Crippen LogP contribution in [0.1, 0.15) is 12.6 Å². The summed E-state index contributed by atoms with van der Waals surface area (Å²) >= 11 is 6.35. The maximum Gasteiger partial charge on any atom is 0.319 e. The number of ether oxygens (including phenoxy) is 1. The normalized spacial score (nSPS) is 15.0. The molecular formula is C31H25ClF2N8O2. The predicted octanol–water partition coefficient (Wildman–Crippen LogP) is 5.59. The minimum atomic E-state index is -0.765. The van der Waals surface area contributed by atoms with Crippen molar-refractivity contribution in [3.63, 3.8) is 0 Å². The highest BCUT2D eigenvalue weighted by Crippen LogP contribution is 2.38. The number of benzene rings is 2. The highest BCUT2D eigenvalue weighted by Gasteiger charge is 2.34. The van der Waals surface area contributed by atoms with Crippen molar-refractivity contribution in [2.45, 2.75) is 19.6 Å². The second-order valence-corrected chi connectivity index (χ2v) is 10.7. The lowest BCUT2D eigenvalue weighted by Gasteiger charge is -2.40. The first-order valence-corrected chi connectivity index (χ1v) is 14.0. The number of halogens is 3. The minimum absolute atomic E-state index is 0.0456. The van der Waals surface area contributed by atoms with Gasteiger partial charge in [0, 0.05) is 48.6 Å². The lowest BCUT2D eigenvalue weighted by Crippen LogP contribution is -2.56. The second-order valence-electron chi connectivity index (χ2n) is 10.4. The summed E-state index contributed by atoms with van der Waals surface area (Å²) in [6, 6.07) is 9.09. The number of H-pyrrole nitrogens is 1. The molecule has 0 aliphatic carbocycles. The second kappa shape index (κ2) is 11.9. The first-order valence-electron chi connectivity index (χ1n) is 13.7. The number of carbonyl (C=O) groups excluding carboxylic acids is 1. The van der Waals surface area contributed by atoms with Gasteiger partial charge in [-0.25, -0.2) is 15.4 Å². The van der Waals surface area contributed by atoms with Gasteiger partial charge in [-0.2, -0.15) is 15.1 Å². The summed E-state index contributed by atoms with van der Waals surface area (Å²) in [4.78, 5) is 33.3. The number of carbonyl (C=O) groups is 1. The SMILES string of the molecule is [C-]#[N+]C[C@H]1CN(c2nc(OCc3ccn[nH]3)nc3c(F)c(-c4cccc5ccc(F)c(Cl)c45)ncc23)CCN1C(=O)C(=C)C. The highest BCUT2D eigenvalue weighted by molar-refractivity contribution is 6.36. The number of hydrogen-bond donors (Lipinski definition) is 1. The standard InChI is InChI=1S/C31H25ClF2N8O2/c1-17(2)30(43)42-12-11-41(15-20(42)13-35-3)29-22-14-36-27(21-6-4-5-18-7-8-23(33)25(32)24(18)21)26(34)28(22)38-31(39-29)44-16-19-9-10-37-40-19/h4-10,14,20H,1,11-13,15-16H2,2H3,(H,37,40)/t20-/m0/s1. The van der Waals surface area contributed by atoms with Gasteiger partial charge in [0.05, 0.1) is 16.1 Å². The maximum absolute atomic E-state index is 16.5. The average molecular weight is 615 g/mol. The quantitative estimate of drug-likeness (QED) is 0.188. The zero-order chi connectivity index (χ0) is 31.0. The van der Waals surface area contributed by atoms with E-state index in [2.05, 4.69) is 36.6 Å². The van der Waals surface area contributed by atoms with Crippen molar-refractivity contribution < 1.29 is 18.3 Å². The molecule has 13 heteroatoms. The maximum atomic E-state index is 16.5. The number of nitrogens with one attached hydrogen (secondary N) is 1. The molecule has 44 heavy (non-hydrogen) atoms. The molecule has 6 rings (SSSR count). The number of aromatic nitrogens is 5. The van der Waals surface area contributed by atoms with Crippen molar-refractivity contribution in [1.29, 1.82) is 0 Å². The Morgan fingerprint density at radius 2 is 2.07 bits per heavy atom. The molecule has 2 aromatic carbocycles. The smallest absolute Gasteiger partial charge is 0.319 e. The molecule has 0 radical (unpaired) electrons. The fraction of sp³-hybridized carbons (Fsp3) is 0.226. The molecular weight excluding hydrogens is 590 g/mol. The van der Waals surface area contributed by atoms with Gasteiger partial charge in [0.2, 0.25) is 12.5 Å². The van der Waals surface area contributed by atoms with Gasteiger partial charge in [0.15, 0.2) is 5.82 Å². The molecule has 1 fully saturated rings. The van der Waals surface area contributed by atoms with Crippen LogP contribution in [0.2, 0.25) is 5.02 Å². The van der Waals surface area contributed by atoms with Crippen molar-refractivity contribution in [2.24, 2.45) is 0 Å². The first kappa shape index (κ1) is 28.9. The minimum Gasteiger partial charge on any atom is -0.457 e. The van der Waals surface area contributed by atoms with Crippen LogP contribution >= 0.6 is 11.6 Å². The van der Waals surface area contributed by atoms with Crippen LogP contribution in [-0.2, 0) is 11.4 Å². The van der Waals surface area contributed by atoms with E-state index in [-0.39, 0.29) is 47.8 Å². The van der Waals surface area contributed by atoms with Crippen LogP contribution in [0.25, 0.3) is 37.8 Å². The summed E-state index contributed by atoms with van der Waals surface area (Å²) in [7, 11) is 0. The fourth-order valence-electron chi connectivity index (χ4n) is 5.35. The number of rotatable bonds is 7. The molecule has 1 saturated heterocycles. The van der Waals surface area contributed by atoms with E-state index >= 15 is 4.39 Å². The number of amides is 1. The third-order valence-corrected chi connectivity index (χ3v) is 7.83. The van der Waals surface area contributed by atoms with E-state index in [0.717, 1.165) is 0 Å². The molecule has 1 aliphatic rings. The molecule has 1 atom stereocenters. The van der Waals surface area contributed by atoms with E-state index in [1.807, 2.05) is 4.90 Å². The zero-order valence-electron chi connectivity index (χ0n) is 23.5. The van der Waals surface area contributed by atoms with Crippen LogP contribution in [0.5, 0.6) is 6.01 Å². The Morgan fingerprint density at radius 1 is 1.23 bits per heavy atom. The number of pyridine rings is 1. The number of fused-ring (bicyclic) bond motifs is 2.